The highest BCUT2D eigenvalue weighted by Gasteiger charge is 2.21. The number of ether oxygens (including phenoxy) is 2. The van der Waals surface area contributed by atoms with E-state index in [2.05, 4.69) is 4.72 Å². The second-order valence-electron chi connectivity index (χ2n) is 6.75. The first-order chi connectivity index (χ1) is 14.9. The number of carboxylic acid groups (broad SMARTS) is 1. The van der Waals surface area contributed by atoms with Gasteiger partial charge in [0.25, 0.3) is 0 Å². The van der Waals surface area contributed by atoms with Crippen LogP contribution in [0, 0.1) is 0 Å². The molecule has 7 nitrogen and oxygen atoms in total. The lowest BCUT2D eigenvalue weighted by atomic mass is 9.94. The van der Waals surface area contributed by atoms with E-state index >= 15 is 0 Å². The van der Waals surface area contributed by atoms with Gasteiger partial charge in [-0.05, 0) is 47.0 Å². The summed E-state index contributed by atoms with van der Waals surface area (Å²) < 4.78 is 38.4. The van der Waals surface area contributed by atoms with Crippen molar-refractivity contribution in [3.05, 3.63) is 95.6 Å². The van der Waals surface area contributed by atoms with Crippen molar-refractivity contribution in [2.45, 2.75) is 11.5 Å². The van der Waals surface area contributed by atoms with Crippen LogP contribution in [0.1, 0.15) is 16.7 Å². The van der Waals surface area contributed by atoms with Crippen molar-refractivity contribution in [1.82, 2.24) is 4.72 Å². The number of hydrogen-bond donors (Lipinski definition) is 2. The summed E-state index contributed by atoms with van der Waals surface area (Å²) in [6, 6.07) is 20.5. The smallest absolute Gasteiger partial charge is 0.488 e. The molecule has 0 atom stereocenters. The summed E-state index contributed by atoms with van der Waals surface area (Å²) in [4.78, 5) is 11.1. The lowest BCUT2D eigenvalue weighted by Gasteiger charge is -2.12. The Labute approximate surface area is 179 Å². The van der Waals surface area contributed by atoms with Gasteiger partial charge in [0.2, 0.25) is 10.0 Å². The predicted molar refractivity (Wildman–Crippen MR) is 115 cm³/mol. The summed E-state index contributed by atoms with van der Waals surface area (Å²) in [5, 5.41) is 8.94. The topological polar surface area (TPSA) is 102 Å². The fraction of sp³-hybridized carbons (Fsp3) is 0.0870. The van der Waals surface area contributed by atoms with Gasteiger partial charge in [-0.25, -0.2) is 17.9 Å². The van der Waals surface area contributed by atoms with Crippen LogP contribution in [0.25, 0.3) is 5.57 Å². The van der Waals surface area contributed by atoms with Gasteiger partial charge < -0.3 is 14.6 Å². The Morgan fingerprint density at radius 3 is 2.55 bits per heavy atom. The minimum Gasteiger partial charge on any atom is -0.488 e. The third-order valence-corrected chi connectivity index (χ3v) is 6.21. The Morgan fingerprint density at radius 2 is 1.77 bits per heavy atom. The van der Waals surface area contributed by atoms with Crippen LogP contribution in [0.15, 0.2) is 83.8 Å². The first kappa shape index (κ1) is 20.6. The Balaban J connectivity index is 1.72. The summed E-state index contributed by atoms with van der Waals surface area (Å²) in [5.74, 6) is 0.691. The van der Waals surface area contributed by atoms with Gasteiger partial charge in [0.15, 0.2) is 0 Å². The number of benzene rings is 3. The van der Waals surface area contributed by atoms with Gasteiger partial charge in [0.05, 0.1) is 4.90 Å². The van der Waals surface area contributed by atoms with Crippen LogP contribution < -0.4 is 14.2 Å². The van der Waals surface area contributed by atoms with Crippen molar-refractivity contribution in [1.29, 1.82) is 0 Å². The van der Waals surface area contributed by atoms with Crippen LogP contribution in [-0.4, -0.2) is 26.2 Å². The fourth-order valence-electron chi connectivity index (χ4n) is 3.38. The lowest BCUT2D eigenvalue weighted by molar-refractivity contribution is 0.144. The molecule has 0 saturated heterocycles. The zero-order valence-electron chi connectivity index (χ0n) is 16.3. The van der Waals surface area contributed by atoms with Gasteiger partial charge >= 0.3 is 6.16 Å². The fourth-order valence-corrected chi connectivity index (χ4v) is 4.36. The van der Waals surface area contributed by atoms with Gasteiger partial charge in [-0.2, -0.15) is 0 Å². The molecule has 1 aliphatic heterocycles. The van der Waals surface area contributed by atoms with Crippen molar-refractivity contribution in [3.63, 3.8) is 0 Å². The van der Waals surface area contributed by atoms with Crippen LogP contribution in [0.3, 0.4) is 0 Å². The summed E-state index contributed by atoms with van der Waals surface area (Å²) in [6.45, 7) is 0.361. The first-order valence-electron chi connectivity index (χ1n) is 9.45. The largest absolute Gasteiger partial charge is 0.511 e. The van der Waals surface area contributed by atoms with Gasteiger partial charge in [0.1, 0.15) is 18.1 Å². The summed E-state index contributed by atoms with van der Waals surface area (Å²) in [5.41, 5.74) is 3.13. The lowest BCUT2D eigenvalue weighted by Crippen LogP contribution is -2.23. The maximum atomic E-state index is 12.6. The summed E-state index contributed by atoms with van der Waals surface area (Å²) in [7, 11) is -3.68. The molecule has 0 bridgehead atoms. The van der Waals surface area contributed by atoms with Crippen molar-refractivity contribution in [2.24, 2.45) is 0 Å². The zero-order chi connectivity index (χ0) is 21.8. The normalized spacial score (nSPS) is 14.1. The Kier molecular flexibility index (Phi) is 5.75. The Morgan fingerprint density at radius 1 is 1.03 bits per heavy atom. The molecule has 0 radical (unpaired) electrons. The van der Waals surface area contributed by atoms with E-state index in [9.17, 15) is 13.2 Å². The highest BCUT2D eigenvalue weighted by atomic mass is 32.2. The van der Waals surface area contributed by atoms with Crippen LogP contribution >= 0.6 is 0 Å². The van der Waals surface area contributed by atoms with E-state index < -0.39 is 16.2 Å². The highest BCUT2D eigenvalue weighted by Crippen LogP contribution is 2.38. The molecule has 0 aliphatic carbocycles. The van der Waals surface area contributed by atoms with Crippen LogP contribution in [0.4, 0.5) is 4.79 Å². The van der Waals surface area contributed by atoms with E-state index in [0.717, 1.165) is 16.7 Å². The molecule has 0 spiro atoms. The maximum Gasteiger partial charge on any atom is 0.511 e. The zero-order valence-corrected chi connectivity index (χ0v) is 17.1. The van der Waals surface area contributed by atoms with Gasteiger partial charge in [0, 0.05) is 12.1 Å². The maximum absolute atomic E-state index is 12.6. The number of rotatable bonds is 5. The van der Waals surface area contributed by atoms with E-state index in [1.807, 2.05) is 24.3 Å². The summed E-state index contributed by atoms with van der Waals surface area (Å²) >= 11 is 0. The average molecular weight is 437 g/mol. The molecular formula is C23H19NO6S. The highest BCUT2D eigenvalue weighted by molar-refractivity contribution is 7.89. The number of carbonyl (C=O) groups is 1. The third kappa shape index (κ3) is 4.60. The molecule has 158 valence electrons. The molecule has 1 aliphatic rings. The molecule has 0 aromatic heterocycles. The van der Waals surface area contributed by atoms with E-state index in [1.54, 1.807) is 36.4 Å². The third-order valence-electron chi connectivity index (χ3n) is 4.77. The molecule has 1 heterocycles. The molecule has 0 saturated carbocycles. The predicted octanol–water partition coefficient (Wildman–Crippen LogP) is 4.05. The monoisotopic (exact) mass is 437 g/mol. The van der Waals surface area contributed by atoms with Crippen LogP contribution in [-0.2, 0) is 16.6 Å². The van der Waals surface area contributed by atoms with E-state index in [1.165, 1.54) is 18.2 Å². The van der Waals surface area contributed by atoms with E-state index in [4.69, 9.17) is 14.6 Å². The molecule has 2 N–H and O–H groups in total. The molecule has 8 heteroatoms. The second kappa shape index (κ2) is 8.63. The van der Waals surface area contributed by atoms with Gasteiger partial charge in [-0.3, -0.25) is 0 Å². The molecule has 0 unspecified atom stereocenters. The standard InChI is InChI=1S/C23H19NO6S/c25-23(26)30-17-10-11-22-21(14-17)20(19-9-5-4-6-16(19)15-29-22)12-13-24-31(27,28)18-7-2-1-3-8-18/h1-12,14,24H,13,15H2,(H,25,26)/b20-12+. The minimum absolute atomic E-state index is 0.0321. The number of hydrogen-bond acceptors (Lipinski definition) is 5. The van der Waals surface area contributed by atoms with E-state index in [0.29, 0.717) is 17.9 Å². The quantitative estimate of drug-likeness (QED) is 0.461. The molecule has 4 rings (SSSR count). The first-order valence-corrected chi connectivity index (χ1v) is 10.9. The molecular weight excluding hydrogens is 418 g/mol. The van der Waals surface area contributed by atoms with Crippen molar-refractivity contribution in [3.8, 4) is 11.5 Å². The number of fused-ring (bicyclic) bond motifs is 2. The SMILES string of the molecule is O=C(O)Oc1ccc2c(c1)/C(=C/CNS(=O)(=O)c1ccccc1)c1ccccc1CO2. The number of sulfonamides is 1. The Bertz CT molecular complexity index is 1250. The average Bonchev–Trinajstić information content (AvgIpc) is 2.91. The van der Waals surface area contributed by atoms with Crippen molar-refractivity contribution >= 4 is 21.8 Å². The van der Waals surface area contributed by atoms with Crippen molar-refractivity contribution < 1.29 is 27.8 Å². The van der Waals surface area contributed by atoms with Gasteiger partial charge in [-0.15, -0.1) is 0 Å². The molecule has 3 aromatic carbocycles. The van der Waals surface area contributed by atoms with Crippen molar-refractivity contribution in [2.75, 3.05) is 6.54 Å². The minimum atomic E-state index is -3.68. The summed E-state index contributed by atoms with van der Waals surface area (Å²) in [6.07, 6.45) is 0.327. The van der Waals surface area contributed by atoms with Crippen LogP contribution in [0.2, 0.25) is 0 Å². The second-order valence-corrected chi connectivity index (χ2v) is 8.52. The van der Waals surface area contributed by atoms with Gasteiger partial charge in [-0.1, -0.05) is 48.5 Å². The van der Waals surface area contributed by atoms with Crippen LogP contribution in [0.5, 0.6) is 11.5 Å². The number of nitrogens with one attached hydrogen (secondary N) is 1. The molecule has 0 amide bonds. The van der Waals surface area contributed by atoms with E-state index in [-0.39, 0.29) is 17.2 Å². The molecule has 0 fully saturated rings. The Hall–Kier alpha value is -3.62. The molecule has 31 heavy (non-hydrogen) atoms. The molecule has 3 aromatic rings.